The molecule has 2 N–H and O–H groups in total. The number of rotatable bonds is 6. The molecule has 25 heavy (non-hydrogen) atoms. The van der Waals surface area contributed by atoms with E-state index in [-0.39, 0.29) is 4.90 Å². The first kappa shape index (κ1) is 17.1. The molecule has 1 aromatic heterocycles. The van der Waals surface area contributed by atoms with E-state index in [1.807, 2.05) is 37.3 Å². The molecule has 0 bridgehead atoms. The molecule has 0 unspecified atom stereocenters. The van der Waals surface area contributed by atoms with Crippen LogP contribution in [0.5, 0.6) is 0 Å². The monoisotopic (exact) mass is 356 g/mol. The summed E-state index contributed by atoms with van der Waals surface area (Å²) in [5.41, 5.74) is 3.15. The number of nitrogens with one attached hydrogen (secondary N) is 2. The van der Waals surface area contributed by atoms with Crippen LogP contribution in [0.25, 0.3) is 0 Å². The second-order valence-corrected chi connectivity index (χ2v) is 7.54. The van der Waals surface area contributed by atoms with Gasteiger partial charge in [0, 0.05) is 11.4 Å². The molecule has 5 nitrogen and oxygen atoms in total. The lowest BCUT2D eigenvalue weighted by molar-refractivity contribution is 0.518. The molecule has 130 valence electrons. The lowest BCUT2D eigenvalue weighted by Gasteiger charge is -2.12. The van der Waals surface area contributed by atoms with Crippen LogP contribution in [-0.2, 0) is 16.6 Å². The van der Waals surface area contributed by atoms with E-state index < -0.39 is 10.0 Å². The Balaban J connectivity index is 1.69. The topological polar surface area (TPSA) is 71.3 Å². The summed E-state index contributed by atoms with van der Waals surface area (Å²) in [4.78, 5) is 0.290. The van der Waals surface area contributed by atoms with E-state index in [1.54, 1.807) is 37.5 Å². The maximum atomic E-state index is 12.6. The number of hydrogen-bond donors (Lipinski definition) is 2. The lowest BCUT2D eigenvalue weighted by atomic mass is 10.2. The second-order valence-electron chi connectivity index (χ2n) is 5.88. The van der Waals surface area contributed by atoms with Gasteiger partial charge >= 0.3 is 0 Å². The third kappa shape index (κ3) is 4.22. The molecule has 2 aromatic carbocycles. The Bertz CT molecular complexity index is 947. The zero-order valence-electron chi connectivity index (χ0n) is 14.1. The van der Waals surface area contributed by atoms with Crippen LogP contribution in [-0.4, -0.2) is 8.42 Å². The van der Waals surface area contributed by atoms with Crippen molar-refractivity contribution in [1.29, 1.82) is 0 Å². The second kappa shape index (κ2) is 7.03. The number of sulfonamides is 1. The van der Waals surface area contributed by atoms with Crippen LogP contribution in [0, 0.1) is 13.8 Å². The summed E-state index contributed by atoms with van der Waals surface area (Å²) in [5, 5.41) is 3.21. The molecule has 0 fully saturated rings. The third-order valence-corrected chi connectivity index (χ3v) is 5.35. The molecular weight excluding hydrogens is 336 g/mol. The Labute approximate surface area is 147 Å². The van der Waals surface area contributed by atoms with Gasteiger partial charge in [0.1, 0.15) is 5.76 Å². The minimum atomic E-state index is -3.61. The number of anilines is 2. The maximum absolute atomic E-state index is 12.6. The van der Waals surface area contributed by atoms with Crippen molar-refractivity contribution in [3.05, 3.63) is 77.7 Å². The zero-order chi connectivity index (χ0) is 17.9. The molecule has 0 aliphatic heterocycles. The van der Waals surface area contributed by atoms with Crippen LogP contribution in [0.15, 0.2) is 70.2 Å². The van der Waals surface area contributed by atoms with Gasteiger partial charge in [0.15, 0.2) is 0 Å². The third-order valence-electron chi connectivity index (χ3n) is 3.80. The van der Waals surface area contributed by atoms with Gasteiger partial charge in [-0.25, -0.2) is 8.42 Å². The molecule has 6 heteroatoms. The average Bonchev–Trinajstić information content (AvgIpc) is 3.07. The van der Waals surface area contributed by atoms with Crippen molar-refractivity contribution in [3.8, 4) is 0 Å². The van der Waals surface area contributed by atoms with Gasteiger partial charge in [-0.05, 0) is 61.9 Å². The summed E-state index contributed by atoms with van der Waals surface area (Å²) < 4.78 is 33.0. The Kier molecular flexibility index (Phi) is 4.81. The van der Waals surface area contributed by atoms with Crippen molar-refractivity contribution in [2.24, 2.45) is 0 Å². The van der Waals surface area contributed by atoms with Crippen molar-refractivity contribution in [2.45, 2.75) is 25.3 Å². The molecule has 0 saturated carbocycles. The zero-order valence-corrected chi connectivity index (χ0v) is 14.9. The number of aryl methyl sites for hydroxylation is 2. The van der Waals surface area contributed by atoms with Crippen LogP contribution in [0.4, 0.5) is 11.4 Å². The van der Waals surface area contributed by atoms with E-state index in [1.165, 1.54) is 0 Å². The summed E-state index contributed by atoms with van der Waals surface area (Å²) >= 11 is 0. The first-order chi connectivity index (χ1) is 11.9. The summed E-state index contributed by atoms with van der Waals surface area (Å²) in [6, 6.07) is 16.1. The first-order valence-corrected chi connectivity index (χ1v) is 9.39. The van der Waals surface area contributed by atoms with Crippen molar-refractivity contribution in [1.82, 2.24) is 0 Å². The van der Waals surface area contributed by atoms with Crippen molar-refractivity contribution in [2.75, 3.05) is 10.0 Å². The molecule has 0 amide bonds. The summed E-state index contributed by atoms with van der Waals surface area (Å²) in [7, 11) is -3.61. The predicted molar refractivity (Wildman–Crippen MR) is 99.2 cm³/mol. The van der Waals surface area contributed by atoms with Gasteiger partial charge < -0.3 is 9.73 Å². The Morgan fingerprint density at radius 2 is 1.68 bits per heavy atom. The van der Waals surface area contributed by atoms with Gasteiger partial charge in [0.25, 0.3) is 10.0 Å². The highest BCUT2D eigenvalue weighted by Crippen LogP contribution is 2.21. The Morgan fingerprint density at radius 3 is 2.32 bits per heavy atom. The molecule has 0 aliphatic rings. The quantitative estimate of drug-likeness (QED) is 0.690. The maximum Gasteiger partial charge on any atom is 0.262 e. The van der Waals surface area contributed by atoms with Crippen molar-refractivity contribution < 1.29 is 12.8 Å². The number of hydrogen-bond acceptors (Lipinski definition) is 4. The molecule has 3 aromatic rings. The van der Waals surface area contributed by atoms with E-state index in [4.69, 9.17) is 4.42 Å². The highest BCUT2D eigenvalue weighted by atomic mass is 32.2. The van der Waals surface area contributed by atoms with Gasteiger partial charge in [-0.15, -0.1) is 0 Å². The van der Waals surface area contributed by atoms with E-state index >= 15 is 0 Å². The Morgan fingerprint density at radius 1 is 0.960 bits per heavy atom. The minimum Gasteiger partial charge on any atom is -0.467 e. The van der Waals surface area contributed by atoms with Crippen LogP contribution < -0.4 is 10.0 Å². The average molecular weight is 356 g/mol. The Hall–Kier alpha value is -2.73. The molecular formula is C19H20N2O3S. The normalized spacial score (nSPS) is 11.3. The molecule has 1 heterocycles. The molecule has 0 atom stereocenters. The molecule has 0 aliphatic carbocycles. The lowest BCUT2D eigenvalue weighted by Crippen LogP contribution is -2.14. The van der Waals surface area contributed by atoms with Crippen LogP contribution in [0.3, 0.4) is 0 Å². The highest BCUT2D eigenvalue weighted by Gasteiger charge is 2.16. The van der Waals surface area contributed by atoms with E-state index in [9.17, 15) is 8.42 Å². The van der Waals surface area contributed by atoms with Crippen LogP contribution in [0.1, 0.15) is 16.9 Å². The van der Waals surface area contributed by atoms with Crippen LogP contribution in [0.2, 0.25) is 0 Å². The molecule has 0 radical (unpaired) electrons. The van der Waals surface area contributed by atoms with Gasteiger partial charge in [-0.1, -0.05) is 17.7 Å². The fourth-order valence-corrected chi connectivity index (χ4v) is 3.86. The van der Waals surface area contributed by atoms with Crippen molar-refractivity contribution in [3.63, 3.8) is 0 Å². The highest BCUT2D eigenvalue weighted by molar-refractivity contribution is 7.92. The van der Waals surface area contributed by atoms with Gasteiger partial charge in [0.2, 0.25) is 0 Å². The largest absolute Gasteiger partial charge is 0.467 e. The fourth-order valence-electron chi connectivity index (χ4n) is 2.57. The van der Waals surface area contributed by atoms with Crippen molar-refractivity contribution >= 4 is 21.4 Å². The minimum absolute atomic E-state index is 0.290. The standard InChI is InChI=1S/C19H20N2O3S/c1-14-5-10-19(15(2)12-14)25(22,23)21-17-8-6-16(7-9-17)20-13-18-4-3-11-24-18/h3-12,20-21H,13H2,1-2H3. The fraction of sp³-hybridized carbons (Fsp3) is 0.158. The summed E-state index contributed by atoms with van der Waals surface area (Å²) in [6.07, 6.45) is 1.63. The van der Waals surface area contributed by atoms with E-state index in [0.717, 1.165) is 22.6 Å². The smallest absolute Gasteiger partial charge is 0.262 e. The summed E-state index contributed by atoms with van der Waals surface area (Å²) in [5.74, 6) is 0.833. The number of benzene rings is 2. The van der Waals surface area contributed by atoms with Gasteiger partial charge in [-0.3, -0.25) is 4.72 Å². The SMILES string of the molecule is Cc1ccc(S(=O)(=O)Nc2ccc(NCc3ccco3)cc2)c(C)c1. The predicted octanol–water partition coefficient (Wildman–Crippen LogP) is 4.31. The molecule has 0 saturated heterocycles. The molecule has 3 rings (SSSR count). The molecule has 0 spiro atoms. The first-order valence-electron chi connectivity index (χ1n) is 7.90. The van der Waals surface area contributed by atoms with Gasteiger partial charge in [0.05, 0.1) is 17.7 Å². The summed E-state index contributed by atoms with van der Waals surface area (Å²) in [6.45, 7) is 4.30. The van der Waals surface area contributed by atoms with Gasteiger partial charge in [-0.2, -0.15) is 0 Å². The van der Waals surface area contributed by atoms with Crippen LogP contribution >= 0.6 is 0 Å². The van der Waals surface area contributed by atoms with E-state index in [0.29, 0.717) is 12.2 Å². The van der Waals surface area contributed by atoms with E-state index in [2.05, 4.69) is 10.0 Å². The number of furan rings is 1.